The van der Waals surface area contributed by atoms with Gasteiger partial charge < -0.3 is 18.2 Å². The van der Waals surface area contributed by atoms with E-state index in [9.17, 15) is 13.2 Å². The van der Waals surface area contributed by atoms with Crippen LogP contribution in [0.2, 0.25) is 0 Å². The number of carbonyl (C=O) groups is 1. The van der Waals surface area contributed by atoms with E-state index in [2.05, 4.69) is 4.57 Å². The van der Waals surface area contributed by atoms with E-state index in [1.807, 2.05) is 31.3 Å². The summed E-state index contributed by atoms with van der Waals surface area (Å²) in [6, 6.07) is 16.7. The number of ether oxygens (including phenoxy) is 2. The Kier molecular flexibility index (Phi) is 5.61. The fourth-order valence-corrected chi connectivity index (χ4v) is 5.16. The maximum Gasteiger partial charge on any atom is 0.339 e. The van der Waals surface area contributed by atoms with E-state index in [4.69, 9.17) is 13.7 Å². The first-order valence-corrected chi connectivity index (χ1v) is 12.5. The zero-order valence-corrected chi connectivity index (χ0v) is 20.3. The van der Waals surface area contributed by atoms with E-state index >= 15 is 0 Å². The molecule has 5 rings (SSSR count). The van der Waals surface area contributed by atoms with Gasteiger partial charge in [-0.15, -0.1) is 0 Å². The molecule has 0 aliphatic carbocycles. The summed E-state index contributed by atoms with van der Waals surface area (Å²) in [7, 11) is -2.42. The topological polar surface area (TPSA) is 83.8 Å². The minimum atomic E-state index is -4.03. The Balaban J connectivity index is 1.51. The van der Waals surface area contributed by atoms with Gasteiger partial charge in [-0.3, -0.25) is 4.79 Å². The van der Waals surface area contributed by atoms with E-state index < -0.39 is 10.1 Å². The molecule has 0 N–H and O–H groups in total. The van der Waals surface area contributed by atoms with E-state index in [1.165, 1.54) is 24.3 Å². The molecule has 0 spiro atoms. The number of ketones is 1. The van der Waals surface area contributed by atoms with Crippen LogP contribution in [0.5, 0.6) is 17.2 Å². The molecule has 0 unspecified atom stereocenters. The van der Waals surface area contributed by atoms with Crippen LogP contribution < -0.4 is 13.7 Å². The van der Waals surface area contributed by atoms with Crippen molar-refractivity contribution >= 4 is 32.9 Å². The van der Waals surface area contributed by atoms with Gasteiger partial charge in [-0.05, 0) is 62.4 Å². The Morgan fingerprint density at radius 1 is 1.06 bits per heavy atom. The normalized spacial score (nSPS) is 14.3. The second-order valence-corrected chi connectivity index (χ2v) is 9.66. The molecule has 0 bridgehead atoms. The zero-order chi connectivity index (χ0) is 24.7. The standard InChI is InChI=1S/C27H23NO6S/c1-4-28-16-18(22-15-19(32-3)10-12-23(22)28)14-25-26(29)21-11-13-24(17(2)27(21)33-25)34-35(30,31)20-8-6-5-7-9-20/h5-16H,4H2,1-3H3/b25-14+. The molecular formula is C27H23NO6S. The van der Waals surface area contributed by atoms with E-state index in [0.29, 0.717) is 22.6 Å². The predicted octanol–water partition coefficient (Wildman–Crippen LogP) is 5.36. The number of benzene rings is 3. The second kappa shape index (κ2) is 8.63. The maximum atomic E-state index is 13.1. The van der Waals surface area contributed by atoms with Crippen molar-refractivity contribution in [3.8, 4) is 17.2 Å². The average Bonchev–Trinajstić information content (AvgIpc) is 3.38. The van der Waals surface area contributed by atoms with Crippen molar-refractivity contribution in [3.63, 3.8) is 0 Å². The van der Waals surface area contributed by atoms with Crippen molar-refractivity contribution in [3.05, 3.63) is 89.3 Å². The van der Waals surface area contributed by atoms with Gasteiger partial charge in [0.15, 0.2) is 5.76 Å². The van der Waals surface area contributed by atoms with Crippen LogP contribution in [-0.2, 0) is 16.7 Å². The molecule has 8 heteroatoms. The van der Waals surface area contributed by atoms with Gasteiger partial charge in [-0.2, -0.15) is 8.42 Å². The van der Waals surface area contributed by atoms with Crippen LogP contribution in [0.15, 0.2) is 77.5 Å². The second-order valence-electron chi connectivity index (χ2n) is 8.11. The molecule has 4 aromatic rings. The number of nitrogens with zero attached hydrogens (tertiary/aromatic N) is 1. The van der Waals surface area contributed by atoms with Gasteiger partial charge in [0.25, 0.3) is 0 Å². The molecule has 1 aliphatic rings. The van der Waals surface area contributed by atoms with Crippen LogP contribution in [0.4, 0.5) is 0 Å². The number of Topliss-reactive ketones (excluding diaryl/α,β-unsaturated/α-hetero) is 1. The zero-order valence-electron chi connectivity index (χ0n) is 19.4. The van der Waals surface area contributed by atoms with Gasteiger partial charge in [-0.1, -0.05) is 18.2 Å². The minimum Gasteiger partial charge on any atom is -0.497 e. The monoisotopic (exact) mass is 489 g/mol. The predicted molar refractivity (Wildman–Crippen MR) is 133 cm³/mol. The summed E-state index contributed by atoms with van der Waals surface area (Å²) in [6.45, 7) is 4.47. The fraction of sp³-hybridized carbons (Fsp3) is 0.148. The largest absolute Gasteiger partial charge is 0.497 e. The minimum absolute atomic E-state index is 0.0419. The molecule has 0 saturated heterocycles. The Morgan fingerprint density at radius 2 is 1.83 bits per heavy atom. The Bertz CT molecular complexity index is 1600. The van der Waals surface area contributed by atoms with Gasteiger partial charge in [0.1, 0.15) is 22.1 Å². The van der Waals surface area contributed by atoms with Crippen LogP contribution in [0, 0.1) is 6.92 Å². The molecular weight excluding hydrogens is 466 g/mol. The van der Waals surface area contributed by atoms with Gasteiger partial charge >= 0.3 is 10.1 Å². The smallest absolute Gasteiger partial charge is 0.339 e. The highest BCUT2D eigenvalue weighted by Crippen LogP contribution is 2.40. The summed E-state index contributed by atoms with van der Waals surface area (Å²) in [5.74, 6) is 0.989. The van der Waals surface area contributed by atoms with Gasteiger partial charge in [0.05, 0.1) is 12.7 Å². The molecule has 178 valence electrons. The van der Waals surface area contributed by atoms with Crippen molar-refractivity contribution in [2.45, 2.75) is 25.3 Å². The Hall–Kier alpha value is -4.04. The van der Waals surface area contributed by atoms with E-state index in [0.717, 1.165) is 23.0 Å². The first kappa shape index (κ1) is 22.7. The lowest BCUT2D eigenvalue weighted by Gasteiger charge is -2.11. The molecule has 1 aliphatic heterocycles. The maximum absolute atomic E-state index is 13.1. The lowest BCUT2D eigenvalue weighted by Crippen LogP contribution is -2.10. The first-order valence-electron chi connectivity index (χ1n) is 11.1. The Labute approximate surface area is 203 Å². The third-order valence-corrected chi connectivity index (χ3v) is 7.26. The molecule has 1 aromatic heterocycles. The van der Waals surface area contributed by atoms with Crippen molar-refractivity contribution in [2.24, 2.45) is 0 Å². The van der Waals surface area contributed by atoms with Crippen LogP contribution in [-0.4, -0.2) is 25.9 Å². The molecule has 3 aromatic carbocycles. The van der Waals surface area contributed by atoms with E-state index in [1.54, 1.807) is 38.3 Å². The lowest BCUT2D eigenvalue weighted by atomic mass is 10.1. The van der Waals surface area contributed by atoms with Crippen LogP contribution in [0.1, 0.15) is 28.4 Å². The fourth-order valence-electron chi connectivity index (χ4n) is 4.16. The van der Waals surface area contributed by atoms with Gasteiger partial charge in [0.2, 0.25) is 5.78 Å². The number of aromatic nitrogens is 1. The SMILES string of the molecule is CCn1cc(/C=C2/Oc3c(ccc(OS(=O)(=O)c4ccccc4)c3C)C2=O)c2cc(OC)ccc21. The number of fused-ring (bicyclic) bond motifs is 2. The number of carbonyl (C=O) groups excluding carboxylic acids is 1. The summed E-state index contributed by atoms with van der Waals surface area (Å²) >= 11 is 0. The molecule has 0 saturated carbocycles. The molecule has 2 heterocycles. The van der Waals surface area contributed by atoms with Crippen LogP contribution in [0.25, 0.3) is 17.0 Å². The number of hydrogen-bond acceptors (Lipinski definition) is 6. The summed E-state index contributed by atoms with van der Waals surface area (Å²) in [5, 5.41) is 0.931. The quantitative estimate of drug-likeness (QED) is 0.268. The number of hydrogen-bond donors (Lipinski definition) is 0. The highest BCUT2D eigenvalue weighted by atomic mass is 32.2. The molecule has 0 fully saturated rings. The number of rotatable bonds is 6. The number of aryl methyl sites for hydroxylation is 1. The Morgan fingerprint density at radius 3 is 2.54 bits per heavy atom. The summed E-state index contributed by atoms with van der Waals surface area (Å²) in [4.78, 5) is 13.2. The van der Waals surface area contributed by atoms with Crippen molar-refractivity contribution in [1.29, 1.82) is 0 Å². The first-order chi connectivity index (χ1) is 16.8. The average molecular weight is 490 g/mol. The third kappa shape index (κ3) is 3.95. The number of allylic oxidation sites excluding steroid dienone is 1. The third-order valence-electron chi connectivity index (χ3n) is 6.01. The van der Waals surface area contributed by atoms with Crippen molar-refractivity contribution < 1.29 is 26.9 Å². The van der Waals surface area contributed by atoms with E-state index in [-0.39, 0.29) is 22.2 Å². The van der Waals surface area contributed by atoms with Crippen LogP contribution in [0.3, 0.4) is 0 Å². The molecule has 35 heavy (non-hydrogen) atoms. The van der Waals surface area contributed by atoms with Crippen LogP contribution >= 0.6 is 0 Å². The summed E-state index contributed by atoms with van der Waals surface area (Å²) in [5.41, 5.74) is 2.62. The summed E-state index contributed by atoms with van der Waals surface area (Å²) in [6.07, 6.45) is 3.67. The van der Waals surface area contributed by atoms with Crippen molar-refractivity contribution in [2.75, 3.05) is 7.11 Å². The van der Waals surface area contributed by atoms with Gasteiger partial charge in [0, 0.05) is 34.8 Å². The van der Waals surface area contributed by atoms with Gasteiger partial charge in [-0.25, -0.2) is 0 Å². The lowest BCUT2D eigenvalue weighted by molar-refractivity contribution is 0.101. The van der Waals surface area contributed by atoms with Crippen molar-refractivity contribution in [1.82, 2.24) is 4.57 Å². The molecule has 7 nitrogen and oxygen atoms in total. The summed E-state index contributed by atoms with van der Waals surface area (Å²) < 4.78 is 44.1. The highest BCUT2D eigenvalue weighted by molar-refractivity contribution is 7.87. The molecule has 0 amide bonds. The highest BCUT2D eigenvalue weighted by Gasteiger charge is 2.31. The number of methoxy groups -OCH3 is 1. The molecule has 0 atom stereocenters. The molecule has 0 radical (unpaired) electrons.